The lowest BCUT2D eigenvalue weighted by Gasteiger charge is -2.06. The number of sulfone groups is 1. The van der Waals surface area contributed by atoms with E-state index in [2.05, 4.69) is 5.10 Å². The Kier molecular flexibility index (Phi) is 4.45. The molecular formula is C9H16N2O4S. The number of aryl methyl sites for hydroxylation is 1. The maximum Gasteiger partial charge on any atom is 0.178 e. The molecule has 0 aliphatic rings. The first-order valence-corrected chi connectivity index (χ1v) is 6.84. The van der Waals surface area contributed by atoms with Crippen LogP contribution in [0.15, 0.2) is 17.3 Å². The van der Waals surface area contributed by atoms with E-state index >= 15 is 0 Å². The molecular weight excluding hydrogens is 232 g/mol. The smallest absolute Gasteiger partial charge is 0.178 e. The summed E-state index contributed by atoms with van der Waals surface area (Å²) in [6, 6.07) is 0. The third kappa shape index (κ3) is 3.92. The van der Waals surface area contributed by atoms with Gasteiger partial charge in [-0.05, 0) is 12.8 Å². The largest absolute Gasteiger partial charge is 0.394 e. The summed E-state index contributed by atoms with van der Waals surface area (Å²) in [7, 11) is -3.20. The summed E-state index contributed by atoms with van der Waals surface area (Å²) in [5.74, 6) is 0. The van der Waals surface area contributed by atoms with Gasteiger partial charge in [0.1, 0.15) is 4.90 Å². The predicted molar refractivity (Wildman–Crippen MR) is 57.7 cm³/mol. The van der Waals surface area contributed by atoms with Gasteiger partial charge in [0.25, 0.3) is 0 Å². The zero-order valence-corrected chi connectivity index (χ0v) is 9.89. The van der Waals surface area contributed by atoms with Gasteiger partial charge in [-0.25, -0.2) is 8.42 Å². The van der Waals surface area contributed by atoms with E-state index in [1.54, 1.807) is 0 Å². The van der Waals surface area contributed by atoms with Gasteiger partial charge in [0.15, 0.2) is 9.84 Å². The normalized spacial score (nSPS) is 13.9. The van der Waals surface area contributed by atoms with E-state index in [9.17, 15) is 8.42 Å². The minimum Gasteiger partial charge on any atom is -0.394 e. The number of nitrogens with zero attached hydrogens (tertiary/aromatic N) is 2. The van der Waals surface area contributed by atoms with Crippen molar-refractivity contribution in [2.45, 2.75) is 30.4 Å². The second-order valence-corrected chi connectivity index (χ2v) is 5.71. The van der Waals surface area contributed by atoms with Crippen molar-refractivity contribution in [3.63, 3.8) is 0 Å². The van der Waals surface area contributed by atoms with Gasteiger partial charge in [-0.2, -0.15) is 5.10 Å². The standard InChI is InChI=1S/C9H16N2O4S/c1-16(14,15)9-5-10-11(6-9)4-2-3-8(13)7-12/h5-6,8,12-13H,2-4,7H2,1H3. The fourth-order valence-electron chi connectivity index (χ4n) is 1.24. The molecule has 16 heavy (non-hydrogen) atoms. The van der Waals surface area contributed by atoms with Crippen LogP contribution in [-0.4, -0.2) is 47.4 Å². The Morgan fingerprint density at radius 3 is 2.75 bits per heavy atom. The van der Waals surface area contributed by atoms with Crippen LogP contribution in [0.25, 0.3) is 0 Å². The van der Waals surface area contributed by atoms with Gasteiger partial charge in [-0.3, -0.25) is 4.68 Å². The fraction of sp³-hybridized carbons (Fsp3) is 0.667. The lowest BCUT2D eigenvalue weighted by Crippen LogP contribution is -2.12. The second kappa shape index (κ2) is 5.42. The van der Waals surface area contributed by atoms with Gasteiger partial charge >= 0.3 is 0 Å². The molecule has 0 spiro atoms. The first-order valence-electron chi connectivity index (χ1n) is 4.95. The fourth-order valence-corrected chi connectivity index (χ4v) is 1.79. The Labute approximate surface area is 94.4 Å². The maximum absolute atomic E-state index is 11.1. The van der Waals surface area contributed by atoms with Gasteiger partial charge < -0.3 is 10.2 Å². The Bertz CT molecular complexity index is 426. The Morgan fingerprint density at radius 1 is 1.56 bits per heavy atom. The molecule has 0 bridgehead atoms. The zero-order valence-electron chi connectivity index (χ0n) is 9.07. The van der Waals surface area contributed by atoms with Crippen LogP contribution in [0.5, 0.6) is 0 Å². The van der Waals surface area contributed by atoms with Crippen molar-refractivity contribution in [1.82, 2.24) is 9.78 Å². The Hall–Kier alpha value is -0.920. The average Bonchev–Trinajstić information content (AvgIpc) is 2.65. The molecule has 7 heteroatoms. The summed E-state index contributed by atoms with van der Waals surface area (Å²) in [6.45, 7) is 0.264. The van der Waals surface area contributed by atoms with Crippen LogP contribution in [0.3, 0.4) is 0 Å². The lowest BCUT2D eigenvalue weighted by atomic mass is 10.2. The molecule has 0 saturated heterocycles. The highest BCUT2D eigenvalue weighted by molar-refractivity contribution is 7.90. The molecule has 2 N–H and O–H groups in total. The molecule has 1 rings (SSSR count). The van der Waals surface area contributed by atoms with E-state index in [1.807, 2.05) is 0 Å². The van der Waals surface area contributed by atoms with Gasteiger partial charge in [0, 0.05) is 19.0 Å². The number of aromatic nitrogens is 2. The summed E-state index contributed by atoms with van der Waals surface area (Å²) >= 11 is 0. The third-order valence-electron chi connectivity index (χ3n) is 2.17. The first kappa shape index (κ1) is 13.1. The molecule has 1 aromatic rings. The van der Waals surface area contributed by atoms with E-state index in [0.29, 0.717) is 19.4 Å². The molecule has 1 aromatic heterocycles. The van der Waals surface area contributed by atoms with E-state index in [4.69, 9.17) is 10.2 Å². The van der Waals surface area contributed by atoms with Crippen molar-refractivity contribution >= 4 is 9.84 Å². The number of hydrogen-bond donors (Lipinski definition) is 2. The van der Waals surface area contributed by atoms with Crippen molar-refractivity contribution in [1.29, 1.82) is 0 Å². The minimum atomic E-state index is -3.20. The summed E-state index contributed by atoms with van der Waals surface area (Å²) in [5, 5.41) is 21.6. The van der Waals surface area contributed by atoms with E-state index < -0.39 is 15.9 Å². The Balaban J connectivity index is 2.47. The van der Waals surface area contributed by atoms with E-state index in [0.717, 1.165) is 6.26 Å². The van der Waals surface area contributed by atoms with Crippen LogP contribution in [0.2, 0.25) is 0 Å². The highest BCUT2D eigenvalue weighted by atomic mass is 32.2. The number of hydrogen-bond acceptors (Lipinski definition) is 5. The monoisotopic (exact) mass is 248 g/mol. The molecule has 0 aliphatic heterocycles. The molecule has 1 heterocycles. The molecule has 0 fully saturated rings. The lowest BCUT2D eigenvalue weighted by molar-refractivity contribution is 0.0853. The maximum atomic E-state index is 11.1. The van der Waals surface area contributed by atoms with Crippen molar-refractivity contribution in [2.75, 3.05) is 12.9 Å². The molecule has 0 saturated carbocycles. The molecule has 92 valence electrons. The van der Waals surface area contributed by atoms with E-state index in [1.165, 1.54) is 17.1 Å². The summed E-state index contributed by atoms with van der Waals surface area (Å²) in [5.41, 5.74) is 0. The predicted octanol–water partition coefficient (Wildman–Crippen LogP) is -0.580. The van der Waals surface area contributed by atoms with Crippen LogP contribution in [0.1, 0.15) is 12.8 Å². The highest BCUT2D eigenvalue weighted by Gasteiger charge is 2.09. The highest BCUT2D eigenvalue weighted by Crippen LogP contribution is 2.07. The number of rotatable bonds is 6. The number of aliphatic hydroxyl groups is 2. The van der Waals surface area contributed by atoms with Crippen molar-refractivity contribution in [3.8, 4) is 0 Å². The average molecular weight is 248 g/mol. The summed E-state index contributed by atoms with van der Waals surface area (Å²) < 4.78 is 23.8. The molecule has 0 aliphatic carbocycles. The summed E-state index contributed by atoms with van der Waals surface area (Å²) in [4.78, 5) is 0.190. The van der Waals surface area contributed by atoms with Crippen LogP contribution < -0.4 is 0 Å². The molecule has 1 atom stereocenters. The van der Waals surface area contributed by atoms with Crippen molar-refractivity contribution in [2.24, 2.45) is 0 Å². The van der Waals surface area contributed by atoms with Gasteiger partial charge in [0.05, 0.1) is 18.9 Å². The van der Waals surface area contributed by atoms with Gasteiger partial charge in [-0.15, -0.1) is 0 Å². The molecule has 0 radical (unpaired) electrons. The van der Waals surface area contributed by atoms with Gasteiger partial charge in [0.2, 0.25) is 0 Å². The quantitative estimate of drug-likeness (QED) is 0.702. The van der Waals surface area contributed by atoms with Crippen LogP contribution in [0.4, 0.5) is 0 Å². The van der Waals surface area contributed by atoms with Crippen molar-refractivity contribution in [3.05, 3.63) is 12.4 Å². The van der Waals surface area contributed by atoms with E-state index in [-0.39, 0.29) is 11.5 Å². The van der Waals surface area contributed by atoms with Crippen LogP contribution >= 0.6 is 0 Å². The SMILES string of the molecule is CS(=O)(=O)c1cnn(CCCC(O)CO)c1. The van der Waals surface area contributed by atoms with Crippen molar-refractivity contribution < 1.29 is 18.6 Å². The zero-order chi connectivity index (χ0) is 12.2. The molecule has 6 nitrogen and oxygen atoms in total. The second-order valence-electron chi connectivity index (χ2n) is 3.69. The minimum absolute atomic E-state index is 0.190. The molecule has 1 unspecified atom stereocenters. The molecule has 0 amide bonds. The van der Waals surface area contributed by atoms with Gasteiger partial charge in [-0.1, -0.05) is 0 Å². The Morgan fingerprint density at radius 2 is 2.25 bits per heavy atom. The van der Waals surface area contributed by atoms with Crippen LogP contribution in [0, 0.1) is 0 Å². The first-order chi connectivity index (χ1) is 7.43. The third-order valence-corrected chi connectivity index (χ3v) is 3.24. The van der Waals surface area contributed by atoms with Crippen LogP contribution in [-0.2, 0) is 16.4 Å². The topological polar surface area (TPSA) is 92.4 Å². The number of aliphatic hydroxyl groups excluding tert-OH is 2. The summed E-state index contributed by atoms with van der Waals surface area (Å²) in [6.07, 6.45) is 4.27. The molecule has 0 aromatic carbocycles.